The summed E-state index contributed by atoms with van der Waals surface area (Å²) in [7, 11) is 2.17. The number of rotatable bonds is 5. The van der Waals surface area contributed by atoms with E-state index in [-0.39, 0.29) is 6.61 Å². The SMILES string of the molecule is Cc1c(COc2cc(-c3cnc(C4CCN(C)CC4)s3)cnc2N)cc(C#N)nc1I. The van der Waals surface area contributed by atoms with Crippen molar-refractivity contribution in [1.82, 2.24) is 19.9 Å². The van der Waals surface area contributed by atoms with Crippen LogP contribution in [0.25, 0.3) is 10.4 Å². The monoisotopic (exact) mass is 546 g/mol. The first-order chi connectivity index (χ1) is 14.9. The van der Waals surface area contributed by atoms with Crippen LogP contribution in [0.3, 0.4) is 0 Å². The molecule has 0 aromatic carbocycles. The highest BCUT2D eigenvalue weighted by atomic mass is 127. The van der Waals surface area contributed by atoms with Crippen LogP contribution in [0.2, 0.25) is 0 Å². The Morgan fingerprint density at radius 1 is 1.29 bits per heavy atom. The van der Waals surface area contributed by atoms with Crippen molar-refractivity contribution in [2.24, 2.45) is 0 Å². The molecule has 2 N–H and O–H groups in total. The Morgan fingerprint density at radius 2 is 2.06 bits per heavy atom. The quantitative estimate of drug-likeness (QED) is 0.375. The Hall–Kier alpha value is -2.29. The van der Waals surface area contributed by atoms with E-state index in [2.05, 4.69) is 55.6 Å². The molecule has 1 fully saturated rings. The molecule has 0 aliphatic carbocycles. The number of likely N-dealkylation sites (tertiary alicyclic amines) is 1. The smallest absolute Gasteiger partial charge is 0.166 e. The van der Waals surface area contributed by atoms with E-state index in [1.54, 1.807) is 23.6 Å². The summed E-state index contributed by atoms with van der Waals surface area (Å²) in [5, 5.41) is 10.4. The summed E-state index contributed by atoms with van der Waals surface area (Å²) in [6.45, 7) is 4.48. The van der Waals surface area contributed by atoms with Crippen LogP contribution in [0.1, 0.15) is 40.6 Å². The van der Waals surface area contributed by atoms with Gasteiger partial charge >= 0.3 is 0 Å². The van der Waals surface area contributed by atoms with Crippen LogP contribution in [0.4, 0.5) is 5.82 Å². The summed E-state index contributed by atoms with van der Waals surface area (Å²) >= 11 is 3.85. The van der Waals surface area contributed by atoms with E-state index >= 15 is 0 Å². The second-order valence-corrected chi connectivity index (χ2v) is 9.81. The van der Waals surface area contributed by atoms with E-state index in [4.69, 9.17) is 10.5 Å². The number of thiazole rings is 1. The van der Waals surface area contributed by atoms with Crippen molar-refractivity contribution in [1.29, 1.82) is 5.26 Å². The normalized spacial score (nSPS) is 15.0. The molecule has 1 aliphatic heterocycles. The number of hydrogen-bond acceptors (Lipinski definition) is 8. The number of pyridine rings is 2. The Balaban J connectivity index is 1.52. The fourth-order valence-corrected chi connectivity index (χ4v) is 5.24. The van der Waals surface area contributed by atoms with Crippen LogP contribution in [0, 0.1) is 22.0 Å². The van der Waals surface area contributed by atoms with Gasteiger partial charge in [0.2, 0.25) is 0 Å². The van der Waals surface area contributed by atoms with Crippen LogP contribution in [-0.2, 0) is 6.61 Å². The van der Waals surface area contributed by atoms with Crippen LogP contribution >= 0.6 is 33.9 Å². The Morgan fingerprint density at radius 3 is 2.81 bits per heavy atom. The highest BCUT2D eigenvalue weighted by molar-refractivity contribution is 14.1. The van der Waals surface area contributed by atoms with E-state index in [1.807, 2.05) is 19.2 Å². The topological polar surface area (TPSA) is 101 Å². The highest BCUT2D eigenvalue weighted by Crippen LogP contribution is 2.36. The minimum absolute atomic E-state index is 0.290. The first-order valence-electron chi connectivity index (χ1n) is 10.0. The van der Waals surface area contributed by atoms with Gasteiger partial charge in [-0.15, -0.1) is 11.3 Å². The molecule has 0 amide bonds. The number of piperidine rings is 1. The molecule has 0 atom stereocenters. The highest BCUT2D eigenvalue weighted by Gasteiger charge is 2.21. The molecule has 3 aromatic heterocycles. The van der Waals surface area contributed by atoms with E-state index in [0.29, 0.717) is 23.2 Å². The van der Waals surface area contributed by atoms with Gasteiger partial charge < -0.3 is 15.4 Å². The largest absolute Gasteiger partial charge is 0.485 e. The molecule has 0 radical (unpaired) electrons. The number of aromatic nitrogens is 3. The second kappa shape index (κ2) is 9.46. The number of nitrogen functional groups attached to an aromatic ring is 1. The number of halogens is 1. The molecule has 1 aliphatic rings. The van der Waals surface area contributed by atoms with E-state index in [1.165, 1.54) is 5.01 Å². The average Bonchev–Trinajstić information content (AvgIpc) is 3.26. The van der Waals surface area contributed by atoms with Crippen molar-refractivity contribution in [2.45, 2.75) is 32.3 Å². The van der Waals surface area contributed by atoms with Crippen LogP contribution in [0.15, 0.2) is 24.5 Å². The first-order valence-corrected chi connectivity index (χ1v) is 11.9. The predicted octanol–water partition coefficient (Wildman–Crippen LogP) is 4.36. The van der Waals surface area contributed by atoms with Gasteiger partial charge in [-0.1, -0.05) is 0 Å². The molecule has 31 heavy (non-hydrogen) atoms. The number of nitriles is 1. The third-order valence-electron chi connectivity index (χ3n) is 5.58. The molecule has 4 rings (SSSR count). The second-order valence-electron chi connectivity index (χ2n) is 7.73. The molecule has 4 heterocycles. The van der Waals surface area contributed by atoms with Crippen LogP contribution in [0.5, 0.6) is 5.75 Å². The number of anilines is 1. The predicted molar refractivity (Wildman–Crippen MR) is 130 cm³/mol. The lowest BCUT2D eigenvalue weighted by Gasteiger charge is -2.27. The molecule has 0 bridgehead atoms. The van der Waals surface area contributed by atoms with Gasteiger partial charge in [0.15, 0.2) is 11.6 Å². The molecule has 0 saturated carbocycles. The summed E-state index contributed by atoms with van der Waals surface area (Å²) < 4.78 is 6.80. The molecule has 0 spiro atoms. The van der Waals surface area contributed by atoms with Crippen molar-refractivity contribution >= 4 is 39.7 Å². The zero-order valence-corrected chi connectivity index (χ0v) is 20.4. The molecule has 1 saturated heterocycles. The van der Waals surface area contributed by atoms with Gasteiger partial charge in [0, 0.05) is 23.9 Å². The van der Waals surface area contributed by atoms with E-state index < -0.39 is 0 Å². The van der Waals surface area contributed by atoms with E-state index in [9.17, 15) is 5.26 Å². The number of nitrogens with two attached hydrogens (primary N) is 1. The summed E-state index contributed by atoms with van der Waals surface area (Å²) in [5.74, 6) is 1.39. The summed E-state index contributed by atoms with van der Waals surface area (Å²) in [6.07, 6.45) is 5.98. The summed E-state index contributed by atoms with van der Waals surface area (Å²) in [6, 6.07) is 5.76. The number of nitrogens with zero attached hydrogens (tertiary/aromatic N) is 5. The van der Waals surface area contributed by atoms with Crippen molar-refractivity contribution in [3.8, 4) is 22.3 Å². The summed E-state index contributed by atoms with van der Waals surface area (Å²) in [4.78, 5) is 16.7. The third-order valence-corrected chi connectivity index (χ3v) is 7.84. The number of hydrogen-bond donors (Lipinski definition) is 1. The van der Waals surface area contributed by atoms with Crippen molar-refractivity contribution < 1.29 is 4.74 Å². The standard InChI is InChI=1S/C22H23IN6OS/c1-13-16(7-17(9-24)28-20(13)23)12-30-18-8-15(10-26-21(18)25)19-11-27-22(31-19)14-3-5-29(2)6-4-14/h7-8,10-11,14H,3-6,12H2,1-2H3,(H2,25,26). The van der Waals surface area contributed by atoms with Gasteiger partial charge in [0.25, 0.3) is 0 Å². The molecule has 9 heteroatoms. The lowest BCUT2D eigenvalue weighted by atomic mass is 9.98. The molecular formula is C22H23IN6OS. The zero-order valence-electron chi connectivity index (χ0n) is 17.4. The molecule has 0 unspecified atom stereocenters. The fraction of sp³-hybridized carbons (Fsp3) is 0.364. The van der Waals surface area contributed by atoms with Crippen LogP contribution in [-0.4, -0.2) is 40.0 Å². The van der Waals surface area contributed by atoms with Gasteiger partial charge in [0.05, 0.1) is 9.88 Å². The Kier molecular flexibility index (Phi) is 6.69. The molecular weight excluding hydrogens is 523 g/mol. The lowest BCUT2D eigenvalue weighted by molar-refractivity contribution is 0.255. The van der Waals surface area contributed by atoms with E-state index in [0.717, 1.165) is 51.2 Å². The molecule has 3 aromatic rings. The fourth-order valence-electron chi connectivity index (χ4n) is 3.56. The maximum atomic E-state index is 9.18. The van der Waals surface area contributed by atoms with Gasteiger partial charge in [-0.3, -0.25) is 0 Å². The van der Waals surface area contributed by atoms with Gasteiger partial charge in [-0.2, -0.15) is 5.26 Å². The van der Waals surface area contributed by atoms with Gasteiger partial charge in [-0.25, -0.2) is 15.0 Å². The summed E-state index contributed by atoms with van der Waals surface area (Å²) in [5.41, 5.74) is 9.29. The van der Waals surface area contributed by atoms with Gasteiger partial charge in [-0.05, 0) is 85.8 Å². The maximum Gasteiger partial charge on any atom is 0.166 e. The van der Waals surface area contributed by atoms with Gasteiger partial charge in [0.1, 0.15) is 22.1 Å². The number of ether oxygens (including phenoxy) is 1. The zero-order chi connectivity index (χ0) is 22.0. The Labute approximate surface area is 199 Å². The lowest BCUT2D eigenvalue weighted by Crippen LogP contribution is -2.29. The molecule has 7 nitrogen and oxygen atoms in total. The van der Waals surface area contributed by atoms with Crippen LogP contribution < -0.4 is 10.5 Å². The average molecular weight is 546 g/mol. The molecule has 160 valence electrons. The van der Waals surface area contributed by atoms with Crippen molar-refractivity contribution in [3.05, 3.63) is 50.1 Å². The minimum Gasteiger partial charge on any atom is -0.485 e. The first kappa shape index (κ1) is 21.9. The Bertz CT molecular complexity index is 1130. The maximum absolute atomic E-state index is 9.18. The minimum atomic E-state index is 0.290. The third kappa shape index (κ3) is 4.97. The van der Waals surface area contributed by atoms with Crippen molar-refractivity contribution in [3.63, 3.8) is 0 Å². The van der Waals surface area contributed by atoms with Crippen molar-refractivity contribution in [2.75, 3.05) is 25.9 Å².